The summed E-state index contributed by atoms with van der Waals surface area (Å²) in [5.74, 6) is -1.16. The molecule has 1 atom stereocenters. The first-order valence-electron chi connectivity index (χ1n) is 5.89. The number of carboxylic acid groups (broad SMARTS) is 1. The molecule has 1 unspecified atom stereocenters. The van der Waals surface area contributed by atoms with Gasteiger partial charge in [0.2, 0.25) is 0 Å². The van der Waals surface area contributed by atoms with Gasteiger partial charge >= 0.3 is 5.97 Å². The van der Waals surface area contributed by atoms with Gasteiger partial charge in [0.25, 0.3) is 0 Å². The highest BCUT2D eigenvalue weighted by atomic mass is 19.1. The number of hydrogen-bond acceptors (Lipinski definition) is 4. The van der Waals surface area contributed by atoms with Crippen LogP contribution in [-0.2, 0) is 0 Å². The summed E-state index contributed by atoms with van der Waals surface area (Å²) >= 11 is 0. The lowest BCUT2D eigenvalue weighted by molar-refractivity contribution is 0.0691. The van der Waals surface area contributed by atoms with Crippen molar-refractivity contribution in [3.63, 3.8) is 0 Å². The van der Waals surface area contributed by atoms with Crippen molar-refractivity contribution in [3.8, 4) is 5.75 Å². The number of aromatic nitrogens is 1. The van der Waals surface area contributed by atoms with Crippen molar-refractivity contribution in [2.75, 3.05) is 5.73 Å². The second-order valence-electron chi connectivity index (χ2n) is 4.18. The minimum atomic E-state index is -1.14. The van der Waals surface area contributed by atoms with E-state index in [1.165, 1.54) is 12.3 Å². The SMILES string of the molecule is CC(Oc1cccnc1N)c1cc(F)ccc1C(=O)O. The van der Waals surface area contributed by atoms with Gasteiger partial charge in [-0.15, -0.1) is 0 Å². The van der Waals surface area contributed by atoms with E-state index in [0.29, 0.717) is 5.75 Å². The standard InChI is InChI=1S/C14H13FN2O3/c1-8(20-12-3-2-6-17-13(12)16)11-7-9(15)4-5-10(11)14(18)19/h2-8H,1H3,(H2,16,17)(H,18,19). The molecule has 0 saturated heterocycles. The molecule has 0 amide bonds. The molecule has 1 heterocycles. The normalized spacial score (nSPS) is 11.9. The van der Waals surface area contributed by atoms with E-state index < -0.39 is 17.9 Å². The molecule has 0 saturated carbocycles. The summed E-state index contributed by atoms with van der Waals surface area (Å²) in [6.07, 6.45) is 0.834. The van der Waals surface area contributed by atoms with E-state index in [1.807, 2.05) is 0 Å². The van der Waals surface area contributed by atoms with Crippen LogP contribution >= 0.6 is 0 Å². The fourth-order valence-electron chi connectivity index (χ4n) is 1.82. The third-order valence-corrected chi connectivity index (χ3v) is 2.79. The number of nitrogen functional groups attached to an aromatic ring is 1. The fraction of sp³-hybridized carbons (Fsp3) is 0.143. The molecule has 0 aliphatic heterocycles. The first-order chi connectivity index (χ1) is 9.49. The van der Waals surface area contributed by atoms with Gasteiger partial charge in [-0.3, -0.25) is 0 Å². The van der Waals surface area contributed by atoms with E-state index in [0.717, 1.165) is 12.1 Å². The maximum Gasteiger partial charge on any atom is 0.336 e. The molecule has 1 aromatic heterocycles. The van der Waals surface area contributed by atoms with E-state index in [1.54, 1.807) is 19.1 Å². The molecule has 1 aromatic carbocycles. The van der Waals surface area contributed by atoms with Gasteiger partial charge in [0.05, 0.1) is 5.56 Å². The smallest absolute Gasteiger partial charge is 0.336 e. The molecule has 0 aliphatic rings. The second kappa shape index (κ2) is 5.56. The summed E-state index contributed by atoms with van der Waals surface area (Å²) in [6, 6.07) is 6.69. The van der Waals surface area contributed by atoms with E-state index in [9.17, 15) is 9.18 Å². The predicted octanol–water partition coefficient (Wildman–Crippen LogP) is 2.64. The van der Waals surface area contributed by atoms with Crippen molar-refractivity contribution < 1.29 is 19.0 Å². The Bertz CT molecular complexity index is 646. The van der Waals surface area contributed by atoms with Crippen LogP contribution < -0.4 is 10.5 Å². The van der Waals surface area contributed by atoms with Gasteiger partial charge in [-0.05, 0) is 37.3 Å². The predicted molar refractivity (Wildman–Crippen MR) is 71.1 cm³/mol. The number of benzene rings is 1. The Labute approximate surface area is 114 Å². The quantitative estimate of drug-likeness (QED) is 0.896. The Morgan fingerprint density at radius 3 is 2.85 bits per heavy atom. The Kier molecular flexibility index (Phi) is 3.84. The Balaban J connectivity index is 2.34. The second-order valence-corrected chi connectivity index (χ2v) is 4.18. The summed E-state index contributed by atoms with van der Waals surface area (Å²) in [4.78, 5) is 15.0. The Hall–Kier alpha value is -2.63. The number of rotatable bonds is 4. The molecule has 0 bridgehead atoms. The highest BCUT2D eigenvalue weighted by Crippen LogP contribution is 2.27. The van der Waals surface area contributed by atoms with Crippen LogP contribution in [0.5, 0.6) is 5.75 Å². The summed E-state index contributed by atoms with van der Waals surface area (Å²) < 4.78 is 18.9. The van der Waals surface area contributed by atoms with E-state index in [-0.39, 0.29) is 16.9 Å². The molecule has 6 heteroatoms. The van der Waals surface area contributed by atoms with Crippen molar-refractivity contribution in [1.82, 2.24) is 4.98 Å². The number of halogens is 1. The van der Waals surface area contributed by atoms with Crippen molar-refractivity contribution in [1.29, 1.82) is 0 Å². The van der Waals surface area contributed by atoms with Gasteiger partial charge in [0.1, 0.15) is 11.9 Å². The third-order valence-electron chi connectivity index (χ3n) is 2.79. The first kappa shape index (κ1) is 13.8. The Morgan fingerprint density at radius 2 is 2.20 bits per heavy atom. The zero-order chi connectivity index (χ0) is 14.7. The topological polar surface area (TPSA) is 85.4 Å². The molecule has 0 aliphatic carbocycles. The maximum absolute atomic E-state index is 13.3. The van der Waals surface area contributed by atoms with E-state index >= 15 is 0 Å². The van der Waals surface area contributed by atoms with Crippen molar-refractivity contribution in [3.05, 3.63) is 53.5 Å². The Morgan fingerprint density at radius 1 is 1.45 bits per heavy atom. The van der Waals surface area contributed by atoms with Crippen LogP contribution in [0.15, 0.2) is 36.5 Å². The molecule has 0 radical (unpaired) electrons. The zero-order valence-corrected chi connectivity index (χ0v) is 10.7. The number of carboxylic acids is 1. The van der Waals surface area contributed by atoms with Gasteiger partial charge < -0.3 is 15.6 Å². The summed E-state index contributed by atoms with van der Waals surface area (Å²) in [5, 5.41) is 9.11. The number of carbonyl (C=O) groups is 1. The van der Waals surface area contributed by atoms with Gasteiger partial charge in [-0.2, -0.15) is 0 Å². The largest absolute Gasteiger partial charge is 0.482 e. The maximum atomic E-state index is 13.3. The van der Waals surface area contributed by atoms with Gasteiger partial charge in [0, 0.05) is 11.8 Å². The van der Waals surface area contributed by atoms with Gasteiger partial charge in [-0.1, -0.05) is 0 Å². The van der Waals surface area contributed by atoms with Gasteiger partial charge in [-0.25, -0.2) is 14.2 Å². The fourth-order valence-corrected chi connectivity index (χ4v) is 1.82. The van der Waals surface area contributed by atoms with Crippen LogP contribution in [0, 0.1) is 5.82 Å². The minimum Gasteiger partial charge on any atom is -0.482 e. The van der Waals surface area contributed by atoms with Crippen molar-refractivity contribution in [2.24, 2.45) is 0 Å². The molecule has 3 N–H and O–H groups in total. The number of nitrogens with zero attached hydrogens (tertiary/aromatic N) is 1. The average molecular weight is 276 g/mol. The number of ether oxygens (including phenoxy) is 1. The highest BCUT2D eigenvalue weighted by molar-refractivity contribution is 5.89. The zero-order valence-electron chi connectivity index (χ0n) is 10.7. The number of aromatic carboxylic acids is 1. The molecule has 5 nitrogen and oxygen atoms in total. The van der Waals surface area contributed by atoms with E-state index in [4.69, 9.17) is 15.6 Å². The summed E-state index contributed by atoms with van der Waals surface area (Å²) in [5.41, 5.74) is 5.87. The van der Waals surface area contributed by atoms with Crippen molar-refractivity contribution in [2.45, 2.75) is 13.0 Å². The first-order valence-corrected chi connectivity index (χ1v) is 5.89. The molecule has 2 aromatic rings. The van der Waals surface area contributed by atoms with Crippen LogP contribution in [-0.4, -0.2) is 16.1 Å². The average Bonchev–Trinajstić information content (AvgIpc) is 2.40. The van der Waals surface area contributed by atoms with Crippen LogP contribution in [0.1, 0.15) is 28.9 Å². The lowest BCUT2D eigenvalue weighted by Crippen LogP contribution is -2.11. The number of anilines is 1. The lowest BCUT2D eigenvalue weighted by Gasteiger charge is -2.17. The van der Waals surface area contributed by atoms with Crippen LogP contribution in [0.25, 0.3) is 0 Å². The molecule has 0 spiro atoms. The summed E-state index contributed by atoms with van der Waals surface area (Å²) in [6.45, 7) is 1.62. The summed E-state index contributed by atoms with van der Waals surface area (Å²) in [7, 11) is 0. The minimum absolute atomic E-state index is 0.0126. The molecule has 20 heavy (non-hydrogen) atoms. The van der Waals surface area contributed by atoms with Crippen molar-refractivity contribution >= 4 is 11.8 Å². The lowest BCUT2D eigenvalue weighted by atomic mass is 10.0. The molecular formula is C14H13FN2O3. The van der Waals surface area contributed by atoms with Gasteiger partial charge in [0.15, 0.2) is 11.6 Å². The number of nitrogens with two attached hydrogens (primary N) is 1. The number of pyridine rings is 1. The van der Waals surface area contributed by atoms with E-state index in [2.05, 4.69) is 4.98 Å². The van der Waals surface area contributed by atoms with Crippen LogP contribution in [0.4, 0.5) is 10.2 Å². The third kappa shape index (κ3) is 2.85. The molecular weight excluding hydrogens is 263 g/mol. The highest BCUT2D eigenvalue weighted by Gasteiger charge is 2.18. The van der Waals surface area contributed by atoms with Crippen LogP contribution in [0.2, 0.25) is 0 Å². The molecule has 104 valence electrons. The molecule has 2 rings (SSSR count). The van der Waals surface area contributed by atoms with Crippen LogP contribution in [0.3, 0.4) is 0 Å². The number of hydrogen-bond donors (Lipinski definition) is 2. The monoisotopic (exact) mass is 276 g/mol. The molecule has 0 fully saturated rings.